The van der Waals surface area contributed by atoms with Gasteiger partial charge >= 0.3 is 11.8 Å². The van der Waals surface area contributed by atoms with Gasteiger partial charge in [0.05, 0.1) is 0 Å². The van der Waals surface area contributed by atoms with E-state index < -0.39 is 25.9 Å². The predicted molar refractivity (Wildman–Crippen MR) is 36.5 cm³/mol. The van der Waals surface area contributed by atoms with E-state index in [1.165, 1.54) is 0 Å². The molecule has 6 heteroatoms. The maximum absolute atomic E-state index is 10.4. The summed E-state index contributed by atoms with van der Waals surface area (Å²) in [5, 5.41) is 16.1. The largest absolute Gasteiger partial charge is 0.475 e. The monoisotopic (exact) mass is 176 g/mol. The molecule has 1 atom stereocenters. The Morgan fingerprint density at radius 2 is 2.00 bits per heavy atom. The zero-order valence-electron chi connectivity index (χ0n) is 5.33. The molecule has 0 aromatic carbocycles. The minimum absolute atomic E-state index is 0.634. The quantitative estimate of drug-likeness (QED) is 0.323. The molecule has 0 bridgehead atoms. The molecule has 60 valence electrons. The maximum atomic E-state index is 10.4. The number of aliphatic carboxylic acids is 1. The average molecular weight is 176 g/mol. The zero-order valence-corrected chi connectivity index (χ0v) is 6.33. The highest BCUT2D eigenvalue weighted by atomic mass is 31.1. The van der Waals surface area contributed by atoms with Crippen molar-refractivity contribution < 1.29 is 24.4 Å². The van der Waals surface area contributed by atoms with Gasteiger partial charge < -0.3 is 14.8 Å². The van der Waals surface area contributed by atoms with Crippen LogP contribution in [-0.2, 0) is 14.2 Å². The van der Waals surface area contributed by atoms with Crippen LogP contribution >= 0.6 is 7.80 Å². The van der Waals surface area contributed by atoms with Crippen molar-refractivity contribution in [3.8, 4) is 11.6 Å². The van der Waals surface area contributed by atoms with Gasteiger partial charge in [0, 0.05) is 0 Å². The summed E-state index contributed by atoms with van der Waals surface area (Å²) in [6, 6.07) is 0. The molecule has 0 aromatic heterocycles. The van der Waals surface area contributed by atoms with E-state index in [9.17, 15) is 14.2 Å². The summed E-state index contributed by atoms with van der Waals surface area (Å²) in [6.07, 6.45) is -0.634. The van der Waals surface area contributed by atoms with Gasteiger partial charge in [-0.25, -0.2) is 4.79 Å². The highest BCUT2D eigenvalue weighted by molar-refractivity contribution is 7.50. The van der Waals surface area contributed by atoms with E-state index in [1.54, 1.807) is 5.92 Å². The molecule has 0 saturated heterocycles. The second kappa shape index (κ2) is 4.67. The Kier molecular flexibility index (Phi) is 4.20. The van der Waals surface area contributed by atoms with E-state index in [-0.39, 0.29) is 0 Å². The number of hydrogen-bond donors (Lipinski definition) is 2. The van der Waals surface area contributed by atoms with Crippen LogP contribution in [0.5, 0.6) is 0 Å². The number of aliphatic hydroxyl groups excluding tert-OH is 1. The van der Waals surface area contributed by atoms with E-state index in [2.05, 4.69) is 0 Å². The van der Waals surface area contributed by atoms with Gasteiger partial charge in [0.2, 0.25) is 0 Å². The minimum atomic E-state index is -2.50. The fourth-order valence-corrected chi connectivity index (χ4v) is 0.551. The molecule has 0 aromatic rings. The summed E-state index contributed by atoms with van der Waals surface area (Å²) in [7, 11) is -2.50. The Morgan fingerprint density at radius 3 is 2.36 bits per heavy atom. The smallest absolute Gasteiger partial charge is 0.385 e. The molecule has 0 radical (unpaired) electrons. The SMILES string of the molecule is O=C(O)C(=O)C#C[PH](=O)CO. The number of carbonyl (C=O) groups is 2. The van der Waals surface area contributed by atoms with E-state index in [1.807, 2.05) is 5.66 Å². The summed E-state index contributed by atoms with van der Waals surface area (Å²) in [4.78, 5) is 20.0. The number of carboxylic acid groups (broad SMARTS) is 1. The second-order valence-electron chi connectivity index (χ2n) is 1.47. The lowest BCUT2D eigenvalue weighted by Crippen LogP contribution is -2.08. The standard InChI is InChI=1S/C5H5O5P/c6-3-11(10)2-1-4(7)5(8)9/h6,11H,3H2,(H,8,9). The van der Waals surface area contributed by atoms with Crippen molar-refractivity contribution in [2.45, 2.75) is 0 Å². The van der Waals surface area contributed by atoms with Crippen molar-refractivity contribution in [3.63, 3.8) is 0 Å². The minimum Gasteiger partial charge on any atom is -0.475 e. The third kappa shape index (κ3) is 4.31. The fourth-order valence-electron chi connectivity index (χ4n) is 0.219. The Labute approximate surface area is 62.8 Å². The van der Waals surface area contributed by atoms with Crippen molar-refractivity contribution in [2.75, 3.05) is 6.35 Å². The first kappa shape index (κ1) is 9.89. The molecule has 1 unspecified atom stereocenters. The first-order chi connectivity index (χ1) is 5.07. The lowest BCUT2D eigenvalue weighted by Gasteiger charge is -1.80. The van der Waals surface area contributed by atoms with Crippen LogP contribution in [0.1, 0.15) is 0 Å². The van der Waals surface area contributed by atoms with E-state index in [0.717, 1.165) is 0 Å². The number of rotatable bonds is 2. The third-order valence-corrected chi connectivity index (χ3v) is 1.34. The molecule has 0 spiro atoms. The fraction of sp³-hybridized carbons (Fsp3) is 0.200. The van der Waals surface area contributed by atoms with E-state index in [0.29, 0.717) is 0 Å². The normalized spacial score (nSPS) is 11.0. The Hall–Kier alpha value is -1.11. The predicted octanol–water partition coefficient (Wildman–Crippen LogP) is -0.890. The second-order valence-corrected chi connectivity index (χ2v) is 2.88. The summed E-state index contributed by atoms with van der Waals surface area (Å²) in [5.74, 6) is -1.39. The molecule has 0 aliphatic carbocycles. The lowest BCUT2D eigenvalue weighted by molar-refractivity contribution is -0.146. The van der Waals surface area contributed by atoms with E-state index >= 15 is 0 Å². The van der Waals surface area contributed by atoms with Crippen LogP contribution < -0.4 is 0 Å². The van der Waals surface area contributed by atoms with Crippen LogP contribution in [0.25, 0.3) is 0 Å². The number of hydrogen-bond acceptors (Lipinski definition) is 4. The van der Waals surface area contributed by atoms with Crippen LogP contribution in [-0.4, -0.2) is 28.3 Å². The number of carbonyl (C=O) groups excluding carboxylic acids is 1. The third-order valence-electron chi connectivity index (χ3n) is 0.653. The van der Waals surface area contributed by atoms with Gasteiger partial charge in [-0.3, -0.25) is 4.79 Å². The van der Waals surface area contributed by atoms with Crippen molar-refractivity contribution >= 4 is 19.6 Å². The first-order valence-corrected chi connectivity index (χ1v) is 4.12. The van der Waals surface area contributed by atoms with Crippen LogP contribution in [0, 0.1) is 11.6 Å². The summed E-state index contributed by atoms with van der Waals surface area (Å²) in [5.41, 5.74) is 1.83. The zero-order chi connectivity index (χ0) is 8.85. The molecule has 0 aliphatic rings. The van der Waals surface area contributed by atoms with Crippen LogP contribution in [0.15, 0.2) is 0 Å². The van der Waals surface area contributed by atoms with Crippen LogP contribution in [0.4, 0.5) is 0 Å². The summed E-state index contributed by atoms with van der Waals surface area (Å²) >= 11 is 0. The molecule has 0 fully saturated rings. The van der Waals surface area contributed by atoms with Gasteiger partial charge in [-0.05, 0) is 11.6 Å². The molecule has 11 heavy (non-hydrogen) atoms. The van der Waals surface area contributed by atoms with Gasteiger partial charge in [-0.15, -0.1) is 0 Å². The molecule has 5 nitrogen and oxygen atoms in total. The van der Waals surface area contributed by atoms with Gasteiger partial charge in [0.25, 0.3) is 0 Å². The molecule has 2 N–H and O–H groups in total. The van der Waals surface area contributed by atoms with Crippen molar-refractivity contribution in [3.05, 3.63) is 0 Å². The van der Waals surface area contributed by atoms with E-state index in [4.69, 9.17) is 10.2 Å². The molecular weight excluding hydrogens is 171 g/mol. The van der Waals surface area contributed by atoms with Crippen LogP contribution in [0.2, 0.25) is 0 Å². The molecule has 0 aliphatic heterocycles. The maximum Gasteiger partial charge on any atom is 0.385 e. The number of carboxylic acids is 1. The first-order valence-electron chi connectivity index (χ1n) is 2.51. The Balaban J connectivity index is 4.19. The highest BCUT2D eigenvalue weighted by Gasteiger charge is 2.05. The van der Waals surface area contributed by atoms with Crippen molar-refractivity contribution in [1.82, 2.24) is 0 Å². The topological polar surface area (TPSA) is 91.7 Å². The number of Topliss-reactive ketones (excluding diaryl/α,β-unsaturated/α-hetero) is 1. The van der Waals surface area contributed by atoms with Gasteiger partial charge in [0.1, 0.15) is 6.35 Å². The average Bonchev–Trinajstić information content (AvgIpc) is 1.99. The molecule has 0 amide bonds. The molecule has 0 heterocycles. The molecule has 0 rings (SSSR count). The summed E-state index contributed by atoms with van der Waals surface area (Å²) in [6.45, 7) is 0. The molecule has 0 saturated carbocycles. The number of aliphatic hydroxyl groups is 1. The van der Waals surface area contributed by atoms with Crippen molar-refractivity contribution in [2.24, 2.45) is 0 Å². The Bertz CT molecular complexity index is 258. The van der Waals surface area contributed by atoms with Gasteiger partial charge in [-0.1, -0.05) is 0 Å². The Morgan fingerprint density at radius 1 is 1.45 bits per heavy atom. The van der Waals surface area contributed by atoms with Gasteiger partial charge in [-0.2, -0.15) is 0 Å². The highest BCUT2D eigenvalue weighted by Crippen LogP contribution is 2.13. The van der Waals surface area contributed by atoms with Gasteiger partial charge in [0.15, 0.2) is 7.80 Å². The van der Waals surface area contributed by atoms with Crippen molar-refractivity contribution in [1.29, 1.82) is 0 Å². The number of ketones is 1. The lowest BCUT2D eigenvalue weighted by atomic mass is 10.4. The summed E-state index contributed by atoms with van der Waals surface area (Å²) < 4.78 is 10.4. The molecular formula is C5H5O5P. The van der Waals surface area contributed by atoms with Crippen LogP contribution in [0.3, 0.4) is 0 Å².